The number of fused-ring (bicyclic) bond motifs is 1. The van der Waals surface area contributed by atoms with E-state index in [1.807, 2.05) is 6.07 Å². The van der Waals surface area contributed by atoms with Crippen LogP contribution in [0, 0.1) is 0 Å². The van der Waals surface area contributed by atoms with Gasteiger partial charge in [0.15, 0.2) is 0 Å². The van der Waals surface area contributed by atoms with Gasteiger partial charge in [-0.25, -0.2) is 9.78 Å². The number of carbonyl (C=O) groups excluding carboxylic acids is 1. The molecule has 0 spiro atoms. The number of nitrogens with zero attached hydrogens (tertiary/aromatic N) is 1. The van der Waals surface area contributed by atoms with E-state index >= 15 is 0 Å². The number of aromatic hydroxyl groups is 1. The Hall–Kier alpha value is -2.40. The van der Waals surface area contributed by atoms with Crippen LogP contribution in [0.25, 0.3) is 20.8 Å². The Balaban J connectivity index is 2.08. The molecule has 5 heteroatoms. The van der Waals surface area contributed by atoms with Crippen LogP contribution in [0.5, 0.6) is 5.75 Å². The Morgan fingerprint density at radius 1 is 1.25 bits per heavy atom. The second-order valence-corrected chi connectivity index (χ2v) is 5.27. The molecule has 3 aromatic rings. The van der Waals surface area contributed by atoms with Crippen LogP contribution in [-0.4, -0.2) is 23.2 Å². The highest BCUT2D eigenvalue weighted by atomic mass is 32.1. The number of ether oxygens (including phenoxy) is 1. The highest BCUT2D eigenvalue weighted by Crippen LogP contribution is 2.32. The number of phenolic OH excluding ortho intramolecular Hbond substituents is 1. The van der Waals surface area contributed by atoms with Crippen molar-refractivity contribution in [1.29, 1.82) is 0 Å². The van der Waals surface area contributed by atoms with Crippen molar-refractivity contribution < 1.29 is 14.6 Å². The van der Waals surface area contributed by atoms with Crippen LogP contribution in [0.1, 0.15) is 10.4 Å². The van der Waals surface area contributed by atoms with Gasteiger partial charge < -0.3 is 9.84 Å². The van der Waals surface area contributed by atoms with Crippen LogP contribution in [0.3, 0.4) is 0 Å². The molecule has 0 unspecified atom stereocenters. The molecule has 0 atom stereocenters. The number of esters is 1. The van der Waals surface area contributed by atoms with E-state index in [2.05, 4.69) is 4.98 Å². The van der Waals surface area contributed by atoms with Crippen molar-refractivity contribution in [2.45, 2.75) is 0 Å². The predicted octanol–water partition coefficient (Wildman–Crippen LogP) is 3.46. The fourth-order valence-electron chi connectivity index (χ4n) is 1.93. The maximum Gasteiger partial charge on any atom is 0.337 e. The Morgan fingerprint density at radius 2 is 2.10 bits per heavy atom. The molecule has 0 saturated heterocycles. The Kier molecular flexibility index (Phi) is 3.12. The third-order valence-electron chi connectivity index (χ3n) is 2.90. The minimum atomic E-state index is -0.370. The van der Waals surface area contributed by atoms with E-state index in [1.165, 1.54) is 18.4 Å². The first-order chi connectivity index (χ1) is 9.67. The van der Waals surface area contributed by atoms with Crippen LogP contribution < -0.4 is 0 Å². The van der Waals surface area contributed by atoms with E-state index in [4.69, 9.17) is 4.74 Å². The maximum atomic E-state index is 11.5. The van der Waals surface area contributed by atoms with Crippen LogP contribution in [0.4, 0.5) is 0 Å². The Morgan fingerprint density at radius 3 is 2.90 bits per heavy atom. The van der Waals surface area contributed by atoms with Gasteiger partial charge in [-0.15, -0.1) is 11.3 Å². The lowest BCUT2D eigenvalue weighted by Gasteiger charge is -2.00. The summed E-state index contributed by atoms with van der Waals surface area (Å²) in [5.41, 5.74) is 2.17. The second kappa shape index (κ2) is 4.94. The third kappa shape index (κ3) is 2.23. The fourth-order valence-corrected chi connectivity index (χ4v) is 2.93. The molecule has 4 nitrogen and oxygen atoms in total. The molecule has 0 aliphatic carbocycles. The summed E-state index contributed by atoms with van der Waals surface area (Å²) in [5.74, 6) is -0.151. The lowest BCUT2D eigenvalue weighted by molar-refractivity contribution is 0.0601. The lowest BCUT2D eigenvalue weighted by Crippen LogP contribution is -2.00. The highest BCUT2D eigenvalue weighted by Gasteiger charge is 2.10. The van der Waals surface area contributed by atoms with E-state index in [0.29, 0.717) is 5.56 Å². The molecule has 0 saturated carbocycles. The zero-order valence-corrected chi connectivity index (χ0v) is 11.5. The first kappa shape index (κ1) is 12.6. The maximum absolute atomic E-state index is 11.5. The number of carbonyl (C=O) groups is 1. The zero-order chi connectivity index (χ0) is 14.1. The largest absolute Gasteiger partial charge is 0.508 e. The van der Waals surface area contributed by atoms with Gasteiger partial charge in [-0.3, -0.25) is 0 Å². The minimum Gasteiger partial charge on any atom is -0.508 e. The number of hydrogen-bond donors (Lipinski definition) is 1. The minimum absolute atomic E-state index is 0.219. The molecular weight excluding hydrogens is 274 g/mol. The van der Waals surface area contributed by atoms with Crippen LogP contribution in [0.15, 0.2) is 42.5 Å². The number of phenols is 1. The van der Waals surface area contributed by atoms with Gasteiger partial charge in [-0.2, -0.15) is 0 Å². The second-order valence-electron chi connectivity index (χ2n) is 4.24. The lowest BCUT2D eigenvalue weighted by atomic mass is 10.1. The molecule has 1 N–H and O–H groups in total. The van der Waals surface area contributed by atoms with Gasteiger partial charge in [0.05, 0.1) is 22.9 Å². The zero-order valence-electron chi connectivity index (χ0n) is 10.7. The van der Waals surface area contributed by atoms with Crippen molar-refractivity contribution in [3.63, 3.8) is 0 Å². The highest BCUT2D eigenvalue weighted by molar-refractivity contribution is 7.21. The van der Waals surface area contributed by atoms with Gasteiger partial charge in [0, 0.05) is 5.56 Å². The van der Waals surface area contributed by atoms with Gasteiger partial charge in [0.1, 0.15) is 10.8 Å². The van der Waals surface area contributed by atoms with Crippen molar-refractivity contribution in [2.75, 3.05) is 7.11 Å². The summed E-state index contributed by atoms with van der Waals surface area (Å²) in [5, 5.41) is 10.3. The van der Waals surface area contributed by atoms with Crippen LogP contribution in [0.2, 0.25) is 0 Å². The van der Waals surface area contributed by atoms with Gasteiger partial charge in [-0.1, -0.05) is 12.1 Å². The van der Waals surface area contributed by atoms with E-state index in [9.17, 15) is 9.90 Å². The molecule has 1 heterocycles. The summed E-state index contributed by atoms with van der Waals surface area (Å²) in [4.78, 5) is 16.0. The van der Waals surface area contributed by atoms with Crippen molar-refractivity contribution in [3.8, 4) is 16.3 Å². The summed E-state index contributed by atoms with van der Waals surface area (Å²) in [6.07, 6.45) is 0. The average Bonchev–Trinajstić information content (AvgIpc) is 2.89. The summed E-state index contributed by atoms with van der Waals surface area (Å²) in [7, 11) is 1.36. The molecule has 20 heavy (non-hydrogen) atoms. The van der Waals surface area contributed by atoms with Gasteiger partial charge in [0.25, 0.3) is 0 Å². The quantitative estimate of drug-likeness (QED) is 0.733. The molecule has 0 amide bonds. The number of methoxy groups -OCH3 is 1. The molecule has 1 aromatic heterocycles. The molecule has 3 rings (SSSR count). The van der Waals surface area contributed by atoms with E-state index in [-0.39, 0.29) is 11.7 Å². The number of benzene rings is 2. The predicted molar refractivity (Wildman–Crippen MR) is 78.1 cm³/mol. The molecule has 100 valence electrons. The van der Waals surface area contributed by atoms with Gasteiger partial charge >= 0.3 is 5.97 Å². The molecule has 0 bridgehead atoms. The van der Waals surface area contributed by atoms with Crippen LogP contribution >= 0.6 is 11.3 Å². The molecular formula is C15H11NO3S. The first-order valence-corrected chi connectivity index (χ1v) is 6.77. The van der Waals surface area contributed by atoms with Crippen LogP contribution in [-0.2, 0) is 4.74 Å². The summed E-state index contributed by atoms with van der Waals surface area (Å²) in [6.45, 7) is 0. The summed E-state index contributed by atoms with van der Waals surface area (Å²) in [6, 6.07) is 12.2. The number of aromatic nitrogens is 1. The molecule has 0 radical (unpaired) electrons. The molecule has 0 aliphatic rings. The Bertz CT molecular complexity index is 795. The fraction of sp³-hybridized carbons (Fsp3) is 0.0667. The topological polar surface area (TPSA) is 59.4 Å². The molecule has 0 aliphatic heterocycles. The van der Waals surface area contributed by atoms with Crippen molar-refractivity contribution in [1.82, 2.24) is 4.98 Å². The van der Waals surface area contributed by atoms with Gasteiger partial charge in [0.2, 0.25) is 0 Å². The average molecular weight is 285 g/mol. The van der Waals surface area contributed by atoms with Gasteiger partial charge in [-0.05, 0) is 30.3 Å². The molecule has 2 aromatic carbocycles. The number of rotatable bonds is 2. The Labute approximate surface area is 119 Å². The smallest absolute Gasteiger partial charge is 0.337 e. The standard InChI is InChI=1S/C15H11NO3S/c1-19-15(18)10-4-2-3-9(7-10)14-16-12-6-5-11(17)8-13(12)20-14/h2-8,17H,1H3. The molecule has 0 fully saturated rings. The number of hydrogen-bond acceptors (Lipinski definition) is 5. The monoisotopic (exact) mass is 285 g/mol. The normalized spacial score (nSPS) is 10.7. The van der Waals surface area contributed by atoms with Crippen molar-refractivity contribution in [3.05, 3.63) is 48.0 Å². The first-order valence-electron chi connectivity index (χ1n) is 5.95. The van der Waals surface area contributed by atoms with Crippen molar-refractivity contribution in [2.24, 2.45) is 0 Å². The van der Waals surface area contributed by atoms with Crippen molar-refractivity contribution >= 4 is 27.5 Å². The van der Waals surface area contributed by atoms with E-state index < -0.39 is 0 Å². The third-order valence-corrected chi connectivity index (χ3v) is 3.97. The number of thiazole rings is 1. The van der Waals surface area contributed by atoms with E-state index in [0.717, 1.165) is 20.8 Å². The summed E-state index contributed by atoms with van der Waals surface area (Å²) >= 11 is 1.47. The van der Waals surface area contributed by atoms with E-state index in [1.54, 1.807) is 36.4 Å². The summed E-state index contributed by atoms with van der Waals surface area (Å²) < 4.78 is 5.62. The SMILES string of the molecule is COC(=O)c1cccc(-c2nc3ccc(O)cc3s2)c1.